The molecule has 2 aromatic carbocycles. The van der Waals surface area contributed by atoms with E-state index < -0.39 is 9.05 Å². The molecule has 0 aliphatic carbocycles. The first kappa shape index (κ1) is 15.6. The highest BCUT2D eigenvalue weighted by Gasteiger charge is 2.18. The molecule has 2 aromatic rings. The Balaban J connectivity index is 2.52. The van der Waals surface area contributed by atoms with Gasteiger partial charge in [-0.25, -0.2) is 8.42 Å². The van der Waals surface area contributed by atoms with E-state index in [1.54, 1.807) is 18.2 Å². The molecule has 0 radical (unpaired) electrons. The van der Waals surface area contributed by atoms with E-state index in [0.717, 1.165) is 11.6 Å². The van der Waals surface area contributed by atoms with Crippen LogP contribution in [0, 0.1) is 18.3 Å². The molecule has 7 heteroatoms. The molecule has 4 nitrogen and oxygen atoms in total. The minimum atomic E-state index is -4.04. The highest BCUT2D eigenvalue weighted by molar-refractivity contribution is 8.13. The van der Waals surface area contributed by atoms with E-state index in [9.17, 15) is 8.42 Å². The van der Waals surface area contributed by atoms with Crippen LogP contribution in [0.4, 0.5) is 0 Å². The lowest BCUT2D eigenvalue weighted by Crippen LogP contribution is -1.97. The molecule has 0 aliphatic rings. The number of ether oxygens (including phenoxy) is 1. The summed E-state index contributed by atoms with van der Waals surface area (Å²) in [5, 5.41) is 9.30. The van der Waals surface area contributed by atoms with Crippen molar-refractivity contribution in [3.05, 3.63) is 52.5 Å². The summed E-state index contributed by atoms with van der Waals surface area (Å²) >= 11 is 5.93. The number of aryl methyl sites for hydroxylation is 1. The lowest BCUT2D eigenvalue weighted by molar-refractivity contribution is 0.468. The maximum absolute atomic E-state index is 11.6. The first-order chi connectivity index (χ1) is 9.79. The number of benzene rings is 2. The van der Waals surface area contributed by atoms with E-state index in [0.29, 0.717) is 10.8 Å². The fourth-order valence-electron chi connectivity index (χ4n) is 1.74. The predicted molar refractivity (Wildman–Crippen MR) is 80.5 cm³/mol. The Morgan fingerprint density at radius 1 is 1.19 bits per heavy atom. The summed E-state index contributed by atoms with van der Waals surface area (Å²) in [6.45, 7) is 1.83. The minimum absolute atomic E-state index is 0.0330. The molecular weight excluding hydrogens is 333 g/mol. The number of hydrogen-bond acceptors (Lipinski definition) is 4. The first-order valence-corrected chi connectivity index (χ1v) is 8.42. The molecule has 0 saturated carbocycles. The van der Waals surface area contributed by atoms with Gasteiger partial charge >= 0.3 is 0 Å². The minimum Gasteiger partial charge on any atom is -0.456 e. The van der Waals surface area contributed by atoms with Crippen molar-refractivity contribution in [1.29, 1.82) is 5.26 Å². The van der Waals surface area contributed by atoms with Crippen LogP contribution in [-0.4, -0.2) is 8.42 Å². The largest absolute Gasteiger partial charge is 0.456 e. The van der Waals surface area contributed by atoms with Gasteiger partial charge in [0.25, 0.3) is 9.05 Å². The van der Waals surface area contributed by atoms with Crippen molar-refractivity contribution in [2.24, 2.45) is 0 Å². The van der Waals surface area contributed by atoms with Gasteiger partial charge in [-0.3, -0.25) is 0 Å². The van der Waals surface area contributed by atoms with Crippen LogP contribution in [0.25, 0.3) is 0 Å². The van der Waals surface area contributed by atoms with Crippen molar-refractivity contribution in [1.82, 2.24) is 0 Å². The quantitative estimate of drug-likeness (QED) is 0.783. The summed E-state index contributed by atoms with van der Waals surface area (Å²) in [7, 11) is 1.33. The Morgan fingerprint density at radius 2 is 1.90 bits per heavy atom. The molecular formula is C14H9Cl2NO3S. The average Bonchev–Trinajstić information content (AvgIpc) is 2.36. The Bertz CT molecular complexity index is 822. The fourth-order valence-corrected chi connectivity index (χ4v) is 3.00. The van der Waals surface area contributed by atoms with Crippen LogP contribution >= 0.6 is 22.3 Å². The third-order valence-electron chi connectivity index (χ3n) is 2.58. The van der Waals surface area contributed by atoms with Gasteiger partial charge in [0, 0.05) is 15.7 Å². The van der Waals surface area contributed by atoms with Crippen LogP contribution in [-0.2, 0) is 9.05 Å². The molecule has 0 heterocycles. The summed E-state index contributed by atoms with van der Waals surface area (Å²) < 4.78 is 28.7. The topological polar surface area (TPSA) is 67.2 Å². The molecule has 0 saturated heterocycles. The average molecular weight is 342 g/mol. The fraction of sp³-hybridized carbons (Fsp3) is 0.0714. The molecule has 0 bridgehead atoms. The maximum atomic E-state index is 11.6. The van der Waals surface area contributed by atoms with E-state index in [-0.39, 0.29) is 16.2 Å². The van der Waals surface area contributed by atoms with E-state index in [1.165, 1.54) is 12.1 Å². The van der Waals surface area contributed by atoms with Crippen LogP contribution < -0.4 is 4.74 Å². The normalized spacial score (nSPS) is 11.0. The standard InChI is InChI=1S/C14H9Cl2NO3S/c1-9-4-11(15)7-12(5-9)20-13-3-2-10(8-17)6-14(13)21(16,18)19/h2-7H,1H3. The zero-order valence-electron chi connectivity index (χ0n) is 10.8. The molecule has 0 unspecified atom stereocenters. The number of nitrogens with zero attached hydrogens (tertiary/aromatic N) is 1. The van der Waals surface area contributed by atoms with Gasteiger partial charge in [0.1, 0.15) is 16.4 Å². The van der Waals surface area contributed by atoms with E-state index >= 15 is 0 Å². The summed E-state index contributed by atoms with van der Waals surface area (Å²) in [6, 6.07) is 10.8. The Kier molecular flexibility index (Phi) is 4.43. The number of rotatable bonds is 3. The van der Waals surface area contributed by atoms with Gasteiger partial charge < -0.3 is 4.74 Å². The molecule has 0 amide bonds. The SMILES string of the molecule is Cc1cc(Cl)cc(Oc2ccc(C#N)cc2S(=O)(=O)Cl)c1. The predicted octanol–water partition coefficient (Wildman–Crippen LogP) is 4.24. The van der Waals surface area contributed by atoms with Crippen molar-refractivity contribution in [3.63, 3.8) is 0 Å². The zero-order chi connectivity index (χ0) is 15.6. The molecule has 0 fully saturated rings. The molecule has 0 aliphatic heterocycles. The van der Waals surface area contributed by atoms with Crippen molar-refractivity contribution in [3.8, 4) is 17.6 Å². The third-order valence-corrected chi connectivity index (χ3v) is 4.14. The molecule has 2 rings (SSSR count). The molecule has 0 aromatic heterocycles. The van der Waals surface area contributed by atoms with E-state index in [2.05, 4.69) is 0 Å². The van der Waals surface area contributed by atoms with Crippen LogP contribution in [0.2, 0.25) is 5.02 Å². The van der Waals surface area contributed by atoms with Gasteiger partial charge in [0.15, 0.2) is 0 Å². The molecule has 0 N–H and O–H groups in total. The first-order valence-electron chi connectivity index (χ1n) is 5.73. The molecule has 0 atom stereocenters. The van der Waals surface area contributed by atoms with Gasteiger partial charge in [-0.15, -0.1) is 0 Å². The van der Waals surface area contributed by atoms with Gasteiger partial charge in [-0.1, -0.05) is 11.6 Å². The number of hydrogen-bond donors (Lipinski definition) is 0. The second-order valence-electron chi connectivity index (χ2n) is 4.28. The van der Waals surface area contributed by atoms with Gasteiger partial charge in [-0.2, -0.15) is 5.26 Å². The highest BCUT2D eigenvalue weighted by Crippen LogP contribution is 2.33. The smallest absolute Gasteiger partial charge is 0.265 e. The summed E-state index contributed by atoms with van der Waals surface area (Å²) in [6.07, 6.45) is 0. The van der Waals surface area contributed by atoms with Crippen molar-refractivity contribution in [2.75, 3.05) is 0 Å². The number of nitriles is 1. The Morgan fingerprint density at radius 3 is 2.48 bits per heavy atom. The van der Waals surface area contributed by atoms with Gasteiger partial charge in [0.2, 0.25) is 0 Å². The lowest BCUT2D eigenvalue weighted by atomic mass is 10.2. The maximum Gasteiger partial charge on any atom is 0.265 e. The van der Waals surface area contributed by atoms with E-state index in [4.69, 9.17) is 32.3 Å². The van der Waals surface area contributed by atoms with Crippen LogP contribution in [0.15, 0.2) is 41.3 Å². The second kappa shape index (κ2) is 5.94. The lowest BCUT2D eigenvalue weighted by Gasteiger charge is -2.10. The molecule has 108 valence electrons. The summed E-state index contributed by atoms with van der Waals surface area (Å²) in [5.41, 5.74) is 1.03. The van der Waals surface area contributed by atoms with Gasteiger partial charge in [-0.05, 0) is 48.9 Å². The second-order valence-corrected chi connectivity index (χ2v) is 7.25. The van der Waals surface area contributed by atoms with Crippen LogP contribution in [0.3, 0.4) is 0 Å². The molecule has 21 heavy (non-hydrogen) atoms. The number of halogens is 2. The molecule has 0 spiro atoms. The van der Waals surface area contributed by atoms with Crippen LogP contribution in [0.1, 0.15) is 11.1 Å². The van der Waals surface area contributed by atoms with E-state index in [1.807, 2.05) is 13.0 Å². The summed E-state index contributed by atoms with van der Waals surface area (Å²) in [5.74, 6) is 0.414. The zero-order valence-corrected chi connectivity index (χ0v) is 13.1. The van der Waals surface area contributed by atoms with Crippen molar-refractivity contribution in [2.45, 2.75) is 11.8 Å². The third kappa shape index (κ3) is 3.88. The highest BCUT2D eigenvalue weighted by atomic mass is 35.7. The van der Waals surface area contributed by atoms with Crippen LogP contribution in [0.5, 0.6) is 11.5 Å². The van der Waals surface area contributed by atoms with Crippen molar-refractivity contribution >= 4 is 31.3 Å². The Hall–Kier alpha value is -1.74. The summed E-state index contributed by atoms with van der Waals surface area (Å²) in [4.78, 5) is -0.263. The Labute approximate surface area is 131 Å². The van der Waals surface area contributed by atoms with Gasteiger partial charge in [0.05, 0.1) is 11.6 Å². The monoisotopic (exact) mass is 341 g/mol. The van der Waals surface area contributed by atoms with Crippen molar-refractivity contribution < 1.29 is 13.2 Å².